The molecule has 0 saturated heterocycles. The molecule has 86 valence electrons. The molecule has 5 heteroatoms. The molecule has 0 bridgehead atoms. The number of nitrogens with zero attached hydrogens (tertiary/aromatic N) is 3. The maximum Gasteiger partial charge on any atom is 0.133 e. The van der Waals surface area contributed by atoms with Crippen molar-refractivity contribution in [2.24, 2.45) is 0 Å². The molecule has 2 aromatic heterocycles. The fraction of sp³-hybridized carbons (Fsp3) is 0.455. The van der Waals surface area contributed by atoms with Gasteiger partial charge >= 0.3 is 0 Å². The van der Waals surface area contributed by atoms with Gasteiger partial charge in [0, 0.05) is 18.5 Å². The Bertz CT molecular complexity index is 446. The number of hydrogen-bond donors (Lipinski definition) is 1. The predicted molar refractivity (Wildman–Crippen MR) is 59.9 cm³/mol. The molecule has 2 heterocycles. The van der Waals surface area contributed by atoms with Crippen LogP contribution in [0.4, 0.5) is 0 Å². The topological polar surface area (TPSA) is 55.9 Å². The van der Waals surface area contributed by atoms with Crippen LogP contribution in [0.25, 0.3) is 0 Å². The number of imidazole rings is 1. The summed E-state index contributed by atoms with van der Waals surface area (Å²) in [4.78, 5) is 4.30. The average molecular weight is 220 g/mol. The van der Waals surface area contributed by atoms with E-state index < -0.39 is 0 Å². The van der Waals surface area contributed by atoms with Crippen molar-refractivity contribution in [3.63, 3.8) is 0 Å². The summed E-state index contributed by atoms with van der Waals surface area (Å²) < 4.78 is 7.10. The van der Waals surface area contributed by atoms with Gasteiger partial charge in [-0.2, -0.15) is 0 Å². The van der Waals surface area contributed by atoms with Crippen molar-refractivity contribution < 1.29 is 4.52 Å². The van der Waals surface area contributed by atoms with Gasteiger partial charge in [-0.1, -0.05) is 12.1 Å². The Labute approximate surface area is 94.5 Å². The molecule has 0 saturated carbocycles. The SMILES string of the molecule is CCNCc1nccn1Cc1cc(C)on1. The Hall–Kier alpha value is -1.62. The van der Waals surface area contributed by atoms with Crippen molar-refractivity contribution in [3.05, 3.63) is 35.7 Å². The predicted octanol–water partition coefficient (Wildman–Crippen LogP) is 1.34. The molecule has 0 amide bonds. The highest BCUT2D eigenvalue weighted by Gasteiger charge is 2.05. The standard InChI is InChI=1S/C11H16N4O/c1-3-12-7-11-13-4-5-15(11)8-10-6-9(2)16-14-10/h4-6,12H,3,7-8H2,1-2H3. The van der Waals surface area contributed by atoms with Gasteiger partial charge < -0.3 is 14.4 Å². The fourth-order valence-corrected chi connectivity index (χ4v) is 1.55. The van der Waals surface area contributed by atoms with E-state index in [0.29, 0.717) is 6.54 Å². The molecule has 0 unspecified atom stereocenters. The number of rotatable bonds is 5. The molecule has 0 aliphatic heterocycles. The fourth-order valence-electron chi connectivity index (χ4n) is 1.55. The first-order valence-corrected chi connectivity index (χ1v) is 5.42. The third-order valence-electron chi connectivity index (χ3n) is 2.34. The van der Waals surface area contributed by atoms with Crippen LogP contribution < -0.4 is 5.32 Å². The van der Waals surface area contributed by atoms with E-state index in [1.54, 1.807) is 6.20 Å². The van der Waals surface area contributed by atoms with Crippen molar-refractivity contribution in [1.29, 1.82) is 0 Å². The number of aryl methyl sites for hydroxylation is 1. The van der Waals surface area contributed by atoms with Crippen LogP contribution in [-0.2, 0) is 13.1 Å². The Morgan fingerprint density at radius 2 is 2.38 bits per heavy atom. The summed E-state index contributed by atoms with van der Waals surface area (Å²) in [6, 6.07) is 1.94. The van der Waals surface area contributed by atoms with E-state index >= 15 is 0 Å². The second kappa shape index (κ2) is 4.94. The minimum atomic E-state index is 0.706. The maximum atomic E-state index is 5.03. The van der Waals surface area contributed by atoms with Crippen LogP contribution in [0.5, 0.6) is 0 Å². The molecule has 0 aromatic carbocycles. The number of nitrogens with one attached hydrogen (secondary N) is 1. The quantitative estimate of drug-likeness (QED) is 0.826. The monoisotopic (exact) mass is 220 g/mol. The molecular weight excluding hydrogens is 204 g/mol. The summed E-state index contributed by atoms with van der Waals surface area (Å²) in [5.41, 5.74) is 0.924. The Morgan fingerprint density at radius 1 is 1.50 bits per heavy atom. The molecule has 0 fully saturated rings. The van der Waals surface area contributed by atoms with Gasteiger partial charge in [-0.3, -0.25) is 0 Å². The zero-order valence-electron chi connectivity index (χ0n) is 9.60. The van der Waals surface area contributed by atoms with Gasteiger partial charge in [0.1, 0.15) is 17.3 Å². The summed E-state index contributed by atoms with van der Waals surface area (Å²) >= 11 is 0. The Kier molecular flexibility index (Phi) is 3.36. The van der Waals surface area contributed by atoms with Gasteiger partial charge in [-0.05, 0) is 13.5 Å². The molecule has 0 atom stereocenters. The van der Waals surface area contributed by atoms with E-state index in [1.165, 1.54) is 0 Å². The molecule has 2 aromatic rings. The molecule has 0 radical (unpaired) electrons. The smallest absolute Gasteiger partial charge is 0.133 e. The van der Waals surface area contributed by atoms with Gasteiger partial charge in [0.25, 0.3) is 0 Å². The van der Waals surface area contributed by atoms with E-state index in [0.717, 1.165) is 30.4 Å². The van der Waals surface area contributed by atoms with Gasteiger partial charge in [0.05, 0.1) is 13.1 Å². The van der Waals surface area contributed by atoms with E-state index in [-0.39, 0.29) is 0 Å². The molecule has 0 aliphatic rings. The second-order valence-corrected chi connectivity index (χ2v) is 3.68. The van der Waals surface area contributed by atoms with E-state index in [9.17, 15) is 0 Å². The van der Waals surface area contributed by atoms with Crippen LogP contribution in [0.15, 0.2) is 23.0 Å². The van der Waals surface area contributed by atoms with Crippen molar-refractivity contribution in [2.75, 3.05) is 6.54 Å². The van der Waals surface area contributed by atoms with Crippen LogP contribution in [0, 0.1) is 6.92 Å². The first-order chi connectivity index (χ1) is 7.79. The number of hydrogen-bond acceptors (Lipinski definition) is 4. The highest BCUT2D eigenvalue weighted by Crippen LogP contribution is 2.06. The van der Waals surface area contributed by atoms with Crippen LogP contribution in [-0.4, -0.2) is 21.3 Å². The van der Waals surface area contributed by atoms with Crippen molar-refractivity contribution in [1.82, 2.24) is 20.0 Å². The molecular formula is C11H16N4O. The zero-order valence-corrected chi connectivity index (χ0v) is 9.60. The van der Waals surface area contributed by atoms with Crippen molar-refractivity contribution >= 4 is 0 Å². The van der Waals surface area contributed by atoms with Gasteiger partial charge in [0.15, 0.2) is 0 Å². The first kappa shape index (κ1) is 10.9. The third-order valence-corrected chi connectivity index (χ3v) is 2.34. The van der Waals surface area contributed by atoms with Crippen LogP contribution in [0.2, 0.25) is 0 Å². The molecule has 1 N–H and O–H groups in total. The molecule has 0 aliphatic carbocycles. The second-order valence-electron chi connectivity index (χ2n) is 3.68. The summed E-state index contributed by atoms with van der Waals surface area (Å²) in [6.07, 6.45) is 3.76. The lowest BCUT2D eigenvalue weighted by Crippen LogP contribution is -2.16. The Morgan fingerprint density at radius 3 is 3.06 bits per heavy atom. The molecule has 0 spiro atoms. The highest BCUT2D eigenvalue weighted by molar-refractivity contribution is 5.06. The van der Waals surface area contributed by atoms with E-state index in [1.807, 2.05) is 19.2 Å². The lowest BCUT2D eigenvalue weighted by molar-refractivity contribution is 0.388. The minimum absolute atomic E-state index is 0.706. The molecule has 2 rings (SSSR count). The normalized spacial score (nSPS) is 10.9. The first-order valence-electron chi connectivity index (χ1n) is 5.42. The zero-order chi connectivity index (χ0) is 11.4. The summed E-state index contributed by atoms with van der Waals surface area (Å²) in [5, 5.41) is 7.22. The lowest BCUT2D eigenvalue weighted by atomic mass is 10.3. The van der Waals surface area contributed by atoms with Crippen LogP contribution in [0.3, 0.4) is 0 Å². The largest absolute Gasteiger partial charge is 0.361 e. The average Bonchev–Trinajstić information content (AvgIpc) is 2.86. The van der Waals surface area contributed by atoms with Crippen LogP contribution in [0.1, 0.15) is 24.2 Å². The summed E-state index contributed by atoms with van der Waals surface area (Å²) in [7, 11) is 0. The summed E-state index contributed by atoms with van der Waals surface area (Å²) in [5.74, 6) is 1.85. The number of aromatic nitrogens is 3. The van der Waals surface area contributed by atoms with E-state index in [4.69, 9.17) is 4.52 Å². The van der Waals surface area contributed by atoms with Gasteiger partial charge in [-0.25, -0.2) is 4.98 Å². The van der Waals surface area contributed by atoms with Crippen LogP contribution >= 0.6 is 0 Å². The summed E-state index contributed by atoms with van der Waals surface area (Å²) in [6.45, 7) is 6.40. The van der Waals surface area contributed by atoms with Gasteiger partial charge in [-0.15, -0.1) is 0 Å². The Balaban J connectivity index is 2.06. The third kappa shape index (κ3) is 2.49. The maximum absolute atomic E-state index is 5.03. The highest BCUT2D eigenvalue weighted by atomic mass is 16.5. The molecule has 16 heavy (non-hydrogen) atoms. The lowest BCUT2D eigenvalue weighted by Gasteiger charge is -2.05. The molecule has 5 nitrogen and oxygen atoms in total. The minimum Gasteiger partial charge on any atom is -0.361 e. The van der Waals surface area contributed by atoms with Gasteiger partial charge in [0.2, 0.25) is 0 Å². The van der Waals surface area contributed by atoms with E-state index in [2.05, 4.69) is 26.9 Å². The van der Waals surface area contributed by atoms with Crippen molar-refractivity contribution in [2.45, 2.75) is 26.9 Å². The van der Waals surface area contributed by atoms with Crippen molar-refractivity contribution in [3.8, 4) is 0 Å².